The monoisotopic (exact) mass is 664 g/mol. The van der Waals surface area contributed by atoms with E-state index in [4.69, 9.17) is 0 Å². The van der Waals surface area contributed by atoms with Crippen molar-refractivity contribution in [3.05, 3.63) is 154 Å². The van der Waals surface area contributed by atoms with Crippen molar-refractivity contribution < 1.29 is 10.2 Å². The number of nitrogens with one attached hydrogen (secondary N) is 4. The van der Waals surface area contributed by atoms with E-state index in [0.717, 1.165) is 59.6 Å². The van der Waals surface area contributed by atoms with Gasteiger partial charge < -0.3 is 30.1 Å². The van der Waals surface area contributed by atoms with Gasteiger partial charge in [0.15, 0.2) is 0 Å². The molecule has 4 aromatic heterocycles. The minimum absolute atomic E-state index is 0.114. The first-order valence-electron chi connectivity index (χ1n) is 18.6. The Bertz CT molecular complexity index is 1980. The van der Waals surface area contributed by atoms with Gasteiger partial charge in [0.1, 0.15) is 11.5 Å². The highest BCUT2D eigenvalue weighted by Gasteiger charge is 2.45. The highest BCUT2D eigenvalue weighted by molar-refractivity contribution is 5.53. The number of benzene rings is 2. The molecule has 2 atom stereocenters. The summed E-state index contributed by atoms with van der Waals surface area (Å²) in [5.41, 5.74) is 10.4. The van der Waals surface area contributed by atoms with Crippen LogP contribution < -0.4 is 0 Å². The van der Waals surface area contributed by atoms with Crippen LogP contribution >= 0.6 is 0 Å². The molecule has 0 radical (unpaired) electrons. The van der Waals surface area contributed by atoms with Crippen molar-refractivity contribution in [2.24, 2.45) is 0 Å². The number of rotatable bonds is 2. The lowest BCUT2D eigenvalue weighted by molar-refractivity contribution is 0.320. The molecule has 3 aliphatic rings. The van der Waals surface area contributed by atoms with Crippen molar-refractivity contribution in [2.75, 3.05) is 0 Å². The first kappa shape index (κ1) is 31.2. The van der Waals surface area contributed by atoms with E-state index in [2.05, 4.69) is 82.3 Å². The van der Waals surface area contributed by atoms with Crippen molar-refractivity contribution in [1.29, 1.82) is 0 Å². The smallest absolute Gasteiger partial charge is 0.115 e. The summed E-state index contributed by atoms with van der Waals surface area (Å²) in [5, 5.41) is 20.6. The van der Waals surface area contributed by atoms with Gasteiger partial charge in [0, 0.05) is 45.6 Å². The van der Waals surface area contributed by atoms with Crippen LogP contribution in [0.25, 0.3) is 0 Å². The lowest BCUT2D eigenvalue weighted by atomic mass is 9.69. The number of aromatic amines is 4. The molecule has 9 rings (SSSR count). The Balaban J connectivity index is 1.33. The molecule has 2 aliphatic carbocycles. The number of phenolic OH excluding ortho intramolecular Hbond substituents is 2. The van der Waals surface area contributed by atoms with Crippen molar-refractivity contribution in [1.82, 2.24) is 19.9 Å². The van der Waals surface area contributed by atoms with E-state index in [1.54, 1.807) is 24.3 Å². The molecule has 256 valence electrons. The quantitative estimate of drug-likeness (QED) is 0.111. The van der Waals surface area contributed by atoms with Gasteiger partial charge in [-0.05, 0) is 123 Å². The first-order valence-corrected chi connectivity index (χ1v) is 18.6. The highest BCUT2D eigenvalue weighted by atomic mass is 16.3. The van der Waals surface area contributed by atoms with Crippen molar-refractivity contribution in [2.45, 2.75) is 99.7 Å². The van der Waals surface area contributed by atoms with Gasteiger partial charge in [0.05, 0.1) is 21.7 Å². The van der Waals surface area contributed by atoms with Gasteiger partial charge in [0.25, 0.3) is 0 Å². The van der Waals surface area contributed by atoms with E-state index in [9.17, 15) is 10.2 Å². The molecule has 6 heteroatoms. The molecule has 5 heterocycles. The van der Waals surface area contributed by atoms with Gasteiger partial charge in [-0.15, -0.1) is 0 Å². The number of hydrogen-bond acceptors (Lipinski definition) is 2. The number of phenols is 2. The molecular weight excluding hydrogens is 617 g/mol. The van der Waals surface area contributed by atoms with Crippen molar-refractivity contribution >= 4 is 0 Å². The number of hydrogen-bond donors (Lipinski definition) is 6. The summed E-state index contributed by atoms with van der Waals surface area (Å²) < 4.78 is 0. The highest BCUT2D eigenvalue weighted by Crippen LogP contribution is 2.51. The molecular formula is C44H48N4O2. The Morgan fingerprint density at radius 1 is 0.360 bits per heavy atom. The van der Waals surface area contributed by atoms with Crippen LogP contribution in [-0.2, 0) is 21.7 Å². The van der Waals surface area contributed by atoms with E-state index in [1.165, 1.54) is 61.3 Å². The summed E-state index contributed by atoms with van der Waals surface area (Å²) in [4.78, 5) is 16.2. The predicted octanol–water partition coefficient (Wildman–Crippen LogP) is 9.93. The number of fused-ring (bicyclic) bond motifs is 12. The largest absolute Gasteiger partial charge is 0.508 e. The van der Waals surface area contributed by atoms with Crippen LogP contribution in [0.2, 0.25) is 0 Å². The molecule has 2 fully saturated rings. The van der Waals surface area contributed by atoms with Crippen LogP contribution in [0.1, 0.15) is 135 Å². The predicted molar refractivity (Wildman–Crippen MR) is 198 cm³/mol. The maximum atomic E-state index is 10.3. The molecule has 50 heavy (non-hydrogen) atoms. The zero-order valence-corrected chi connectivity index (χ0v) is 29.2. The Morgan fingerprint density at radius 3 is 0.940 bits per heavy atom. The van der Waals surface area contributed by atoms with E-state index in [1.807, 2.05) is 24.3 Å². The van der Waals surface area contributed by atoms with Crippen LogP contribution in [0, 0.1) is 0 Å². The summed E-state index contributed by atoms with van der Waals surface area (Å²) in [7, 11) is 0. The molecule has 2 aromatic carbocycles. The lowest BCUT2D eigenvalue weighted by Crippen LogP contribution is -2.34. The Kier molecular flexibility index (Phi) is 7.07. The fourth-order valence-electron chi connectivity index (χ4n) is 10.0. The third-order valence-corrected chi connectivity index (χ3v) is 13.3. The maximum absolute atomic E-state index is 10.3. The Labute approximate surface area is 294 Å². The van der Waals surface area contributed by atoms with Gasteiger partial charge in [-0.25, -0.2) is 0 Å². The minimum atomic E-state index is -0.569. The first-order chi connectivity index (χ1) is 24.3. The molecule has 1 aliphatic heterocycles. The molecule has 0 unspecified atom stereocenters. The molecule has 8 bridgehead atoms. The second-order valence-electron chi connectivity index (χ2n) is 15.8. The van der Waals surface area contributed by atoms with Crippen LogP contribution in [0.15, 0.2) is 97.1 Å². The summed E-state index contributed by atoms with van der Waals surface area (Å²) in [6, 6.07) is 33.9. The topological polar surface area (TPSA) is 104 Å². The summed E-state index contributed by atoms with van der Waals surface area (Å²) in [5.74, 6) is 0.513. The summed E-state index contributed by atoms with van der Waals surface area (Å²) in [6.45, 7) is 4.57. The second kappa shape index (κ2) is 11.3. The van der Waals surface area contributed by atoms with E-state index < -0.39 is 10.8 Å². The van der Waals surface area contributed by atoms with Gasteiger partial charge in [-0.2, -0.15) is 0 Å². The molecule has 0 saturated heterocycles. The Hall–Kier alpha value is -4.84. The summed E-state index contributed by atoms with van der Waals surface area (Å²) >= 11 is 0. The van der Waals surface area contributed by atoms with Gasteiger partial charge in [-0.1, -0.05) is 62.8 Å². The van der Waals surface area contributed by atoms with Gasteiger partial charge in [0.2, 0.25) is 0 Å². The molecule has 2 saturated carbocycles. The standard InChI is InChI=1S/C44H48N4O2/c1-41(29-9-13-31(49)14-10-29)33-17-18-34(45-33)42(2,30-11-15-32(50)16-12-30)36-20-22-38(47-36)44(27-7-4-8-28-44)40-24-23-39(48-40)43(25-5-3-6-26-43)37-21-19-35(41)46-37/h9-24,45-50H,3-8,25-28H2,1-2H3/t41-,42+. The third kappa shape index (κ3) is 4.46. The van der Waals surface area contributed by atoms with Crippen molar-refractivity contribution in [3.63, 3.8) is 0 Å². The molecule has 0 amide bonds. The SMILES string of the molecule is C[C@]1(c2ccc(O)cc2)c2ccc([nH]2)C2(CCCCC2)c2ccc([nH]2)C2(CCCCC2)c2ccc([nH]2)[C@@](C)(c2ccc(O)cc2)c2ccc1[nH]2. The molecule has 6 N–H and O–H groups in total. The van der Waals surface area contributed by atoms with E-state index in [-0.39, 0.29) is 22.3 Å². The number of aromatic nitrogens is 4. The minimum Gasteiger partial charge on any atom is -0.508 e. The fraction of sp³-hybridized carbons (Fsp3) is 0.364. The number of H-pyrrole nitrogens is 4. The normalized spacial score (nSPS) is 24.0. The Morgan fingerprint density at radius 2 is 0.620 bits per heavy atom. The van der Waals surface area contributed by atoms with Crippen LogP contribution in [0.3, 0.4) is 0 Å². The van der Waals surface area contributed by atoms with E-state index in [0.29, 0.717) is 0 Å². The van der Waals surface area contributed by atoms with Gasteiger partial charge in [-0.3, -0.25) is 0 Å². The zero-order valence-electron chi connectivity index (χ0n) is 29.2. The zero-order chi connectivity index (χ0) is 34.1. The number of aromatic hydroxyl groups is 2. The van der Waals surface area contributed by atoms with Crippen molar-refractivity contribution in [3.8, 4) is 11.5 Å². The second-order valence-corrected chi connectivity index (χ2v) is 15.8. The van der Waals surface area contributed by atoms with E-state index >= 15 is 0 Å². The molecule has 6 aromatic rings. The van der Waals surface area contributed by atoms with Crippen LogP contribution in [0.4, 0.5) is 0 Å². The average Bonchev–Trinajstić information content (AvgIpc) is 3.99. The lowest BCUT2D eigenvalue weighted by Gasteiger charge is -2.39. The third-order valence-electron chi connectivity index (χ3n) is 13.3. The fourth-order valence-corrected chi connectivity index (χ4v) is 10.0. The molecule has 6 nitrogen and oxygen atoms in total. The average molecular weight is 665 g/mol. The van der Waals surface area contributed by atoms with Gasteiger partial charge >= 0.3 is 0 Å². The molecule has 2 spiro atoms. The van der Waals surface area contributed by atoms with Crippen LogP contribution in [0.5, 0.6) is 11.5 Å². The van der Waals surface area contributed by atoms with Crippen LogP contribution in [-0.4, -0.2) is 30.1 Å². The summed E-state index contributed by atoms with van der Waals surface area (Å²) in [6.07, 6.45) is 11.8. The maximum Gasteiger partial charge on any atom is 0.115 e.